The summed E-state index contributed by atoms with van der Waals surface area (Å²) in [6.07, 6.45) is 59.4. The van der Waals surface area contributed by atoms with Crippen molar-refractivity contribution in [1.82, 2.24) is 0 Å². The van der Waals surface area contributed by atoms with Crippen molar-refractivity contribution in [1.29, 1.82) is 0 Å². The molecule has 2 N–H and O–H groups in total. The van der Waals surface area contributed by atoms with Gasteiger partial charge in [-0.3, -0.25) is 23.4 Å². The summed E-state index contributed by atoms with van der Waals surface area (Å²) in [7, 11) is -4.76. The van der Waals surface area contributed by atoms with Gasteiger partial charge in [-0.25, -0.2) is 4.57 Å². The molecule has 11 nitrogen and oxygen atoms in total. The van der Waals surface area contributed by atoms with Gasteiger partial charge in [0, 0.05) is 19.3 Å². The van der Waals surface area contributed by atoms with E-state index in [0.29, 0.717) is 19.3 Å². The summed E-state index contributed by atoms with van der Waals surface area (Å²) in [5, 5.41) is 9.78. The maximum absolute atomic E-state index is 12.9. The molecular weight excluding hydrogens is 904 g/mol. The Hall–Kier alpha value is -3.60. The normalized spacial score (nSPS) is 14.2. The fraction of sp³-hybridized carbons (Fsp3) is 0.672. The lowest BCUT2D eigenvalue weighted by molar-refractivity contribution is -0.161. The Kier molecular flexibility index (Phi) is 49.1. The van der Waals surface area contributed by atoms with Crippen LogP contribution in [0.4, 0.5) is 0 Å². The number of esters is 3. The standard InChI is InChI=1S/C58H97O11P/c1-4-7-10-13-16-19-22-25-26-27-28-31-32-35-38-41-44-47-56(60)65-51-55(69-58(62)49-46-43-40-37-34-30-24-21-18-15-12-9-6-3)53-67-70(63,64)66-52-54(50-59)68-57(61)48-45-42-39-36-33-29-23-20-17-14-11-8-5-2/h7,10-12,14-16,19-21,23-26,28,31,54-55,59H,4-6,8-9,13,17-18,22,27,29-30,32-53H2,1-3H3,(H,63,64)/b10-7-,14-11-,15-12-,19-16-,23-20-,24-21-,26-25-,31-28-. The minimum Gasteiger partial charge on any atom is -0.462 e. The van der Waals surface area contributed by atoms with E-state index < -0.39 is 57.8 Å². The first kappa shape index (κ1) is 66.4. The lowest BCUT2D eigenvalue weighted by Crippen LogP contribution is -2.30. The molecule has 0 aromatic heterocycles. The van der Waals surface area contributed by atoms with E-state index >= 15 is 0 Å². The fourth-order valence-electron chi connectivity index (χ4n) is 6.83. The number of phosphoric ester groups is 1. The lowest BCUT2D eigenvalue weighted by atomic mass is 10.1. The monoisotopic (exact) mass is 1000 g/mol. The third kappa shape index (κ3) is 49.4. The van der Waals surface area contributed by atoms with Crippen molar-refractivity contribution < 1.29 is 52.2 Å². The molecule has 0 rings (SSSR count). The SMILES string of the molecule is CC/C=C\C/C=C\C/C=C\C/C=C\CCCCCCC(=O)OCC(COP(=O)(O)OCC(CO)OC(=O)CCCCCCC/C=C\C/C=C\CCC)OC(=O)CCCCCCC/C=C\C/C=C\CCC. The maximum Gasteiger partial charge on any atom is 0.472 e. The highest BCUT2D eigenvalue weighted by Gasteiger charge is 2.28. The molecular formula is C58H97O11P. The number of aliphatic hydroxyl groups is 1. The van der Waals surface area contributed by atoms with Crippen LogP contribution in [0.1, 0.15) is 213 Å². The van der Waals surface area contributed by atoms with E-state index in [1.54, 1.807) is 0 Å². The summed E-state index contributed by atoms with van der Waals surface area (Å²) in [5.41, 5.74) is 0. The van der Waals surface area contributed by atoms with Crippen LogP contribution in [0.5, 0.6) is 0 Å². The summed E-state index contributed by atoms with van der Waals surface area (Å²) in [6.45, 7) is 4.32. The molecule has 70 heavy (non-hydrogen) atoms. The van der Waals surface area contributed by atoms with Gasteiger partial charge in [0.25, 0.3) is 0 Å². The zero-order chi connectivity index (χ0) is 51.3. The number of hydrogen-bond donors (Lipinski definition) is 2. The molecule has 0 radical (unpaired) electrons. The third-order valence-electron chi connectivity index (χ3n) is 10.9. The number of rotatable bonds is 49. The summed E-state index contributed by atoms with van der Waals surface area (Å²) >= 11 is 0. The van der Waals surface area contributed by atoms with Gasteiger partial charge in [0.2, 0.25) is 0 Å². The summed E-state index contributed by atoms with van der Waals surface area (Å²) in [6, 6.07) is 0. The number of carbonyl (C=O) groups excluding carboxylic acids is 3. The smallest absolute Gasteiger partial charge is 0.462 e. The Balaban J connectivity index is 4.80. The molecule has 0 aromatic carbocycles. The Labute approximate surface area is 425 Å². The minimum atomic E-state index is -4.76. The van der Waals surface area contributed by atoms with Crippen LogP contribution >= 0.6 is 7.82 Å². The first-order valence-electron chi connectivity index (χ1n) is 27.1. The van der Waals surface area contributed by atoms with Gasteiger partial charge >= 0.3 is 25.7 Å². The van der Waals surface area contributed by atoms with E-state index in [9.17, 15) is 28.9 Å². The number of carbonyl (C=O) groups is 3. The molecule has 0 saturated heterocycles. The van der Waals surface area contributed by atoms with Crippen molar-refractivity contribution in [3.63, 3.8) is 0 Å². The molecule has 0 heterocycles. The second-order valence-corrected chi connectivity index (χ2v) is 19.1. The van der Waals surface area contributed by atoms with Crippen LogP contribution in [0, 0.1) is 0 Å². The van der Waals surface area contributed by atoms with Crippen LogP contribution in [0.15, 0.2) is 97.2 Å². The largest absolute Gasteiger partial charge is 0.472 e. The molecule has 400 valence electrons. The van der Waals surface area contributed by atoms with Crippen LogP contribution in [-0.2, 0) is 42.2 Å². The van der Waals surface area contributed by atoms with Gasteiger partial charge in [-0.05, 0) is 109 Å². The van der Waals surface area contributed by atoms with Gasteiger partial charge in [-0.15, -0.1) is 0 Å². The average molecular weight is 1000 g/mol. The molecule has 0 amide bonds. The van der Waals surface area contributed by atoms with Crippen LogP contribution in [-0.4, -0.2) is 66.5 Å². The first-order chi connectivity index (χ1) is 34.2. The van der Waals surface area contributed by atoms with Crippen molar-refractivity contribution in [3.8, 4) is 0 Å². The zero-order valence-electron chi connectivity index (χ0n) is 43.9. The van der Waals surface area contributed by atoms with E-state index in [0.717, 1.165) is 154 Å². The predicted molar refractivity (Wildman–Crippen MR) is 288 cm³/mol. The lowest BCUT2D eigenvalue weighted by Gasteiger charge is -2.21. The summed E-state index contributed by atoms with van der Waals surface area (Å²) in [4.78, 5) is 48.4. The van der Waals surface area contributed by atoms with E-state index in [2.05, 4.69) is 118 Å². The molecule has 12 heteroatoms. The number of phosphoric acid groups is 1. The van der Waals surface area contributed by atoms with Crippen molar-refractivity contribution in [2.75, 3.05) is 26.4 Å². The highest BCUT2D eigenvalue weighted by molar-refractivity contribution is 7.47. The highest BCUT2D eigenvalue weighted by Crippen LogP contribution is 2.43. The molecule has 0 aliphatic heterocycles. The number of allylic oxidation sites excluding steroid dienone is 16. The van der Waals surface area contributed by atoms with Crippen LogP contribution in [0.25, 0.3) is 0 Å². The molecule has 0 saturated carbocycles. The Bertz CT molecular complexity index is 1540. The predicted octanol–water partition coefficient (Wildman–Crippen LogP) is 15.7. The molecule has 0 aliphatic rings. The maximum atomic E-state index is 12.9. The van der Waals surface area contributed by atoms with E-state index in [-0.39, 0.29) is 25.9 Å². The first-order valence-corrected chi connectivity index (χ1v) is 28.6. The van der Waals surface area contributed by atoms with Gasteiger partial charge in [0.1, 0.15) is 12.7 Å². The number of aliphatic hydroxyl groups excluding tert-OH is 1. The fourth-order valence-corrected chi connectivity index (χ4v) is 7.62. The van der Waals surface area contributed by atoms with Gasteiger partial charge in [0.15, 0.2) is 6.10 Å². The Morgan fingerprint density at radius 2 is 0.743 bits per heavy atom. The second-order valence-electron chi connectivity index (χ2n) is 17.7. The van der Waals surface area contributed by atoms with Gasteiger partial charge in [-0.1, -0.05) is 182 Å². The molecule has 3 unspecified atom stereocenters. The van der Waals surface area contributed by atoms with Crippen molar-refractivity contribution >= 4 is 25.7 Å². The molecule has 0 spiro atoms. The quantitative estimate of drug-likeness (QED) is 0.0197. The zero-order valence-corrected chi connectivity index (χ0v) is 44.8. The molecule has 3 atom stereocenters. The van der Waals surface area contributed by atoms with Crippen LogP contribution in [0.2, 0.25) is 0 Å². The van der Waals surface area contributed by atoms with E-state index in [4.69, 9.17) is 23.3 Å². The van der Waals surface area contributed by atoms with Gasteiger partial charge in [-0.2, -0.15) is 0 Å². The van der Waals surface area contributed by atoms with Gasteiger partial charge < -0.3 is 24.2 Å². The summed E-state index contributed by atoms with van der Waals surface area (Å²) < 4.78 is 39.4. The van der Waals surface area contributed by atoms with Crippen LogP contribution in [0.3, 0.4) is 0 Å². The second kappa shape index (κ2) is 51.7. The minimum absolute atomic E-state index is 0.140. The third-order valence-corrected chi connectivity index (χ3v) is 11.9. The Morgan fingerprint density at radius 1 is 0.414 bits per heavy atom. The highest BCUT2D eigenvalue weighted by atomic mass is 31.2. The van der Waals surface area contributed by atoms with Crippen molar-refractivity contribution in [2.24, 2.45) is 0 Å². The number of hydrogen-bond acceptors (Lipinski definition) is 10. The van der Waals surface area contributed by atoms with Crippen molar-refractivity contribution in [2.45, 2.75) is 226 Å². The number of ether oxygens (including phenoxy) is 3. The Morgan fingerprint density at radius 3 is 1.14 bits per heavy atom. The van der Waals surface area contributed by atoms with Crippen molar-refractivity contribution in [3.05, 3.63) is 97.2 Å². The molecule has 0 aliphatic carbocycles. The average Bonchev–Trinajstić information content (AvgIpc) is 3.35. The van der Waals surface area contributed by atoms with Crippen LogP contribution < -0.4 is 0 Å². The molecule has 0 aromatic rings. The topological polar surface area (TPSA) is 155 Å². The summed E-state index contributed by atoms with van der Waals surface area (Å²) in [5.74, 6) is -1.53. The number of unbranched alkanes of at least 4 members (excludes halogenated alkanes) is 16. The molecule has 0 fully saturated rings. The molecule has 0 bridgehead atoms. The van der Waals surface area contributed by atoms with Gasteiger partial charge in [0.05, 0.1) is 19.8 Å². The van der Waals surface area contributed by atoms with E-state index in [1.165, 1.54) is 0 Å². The van der Waals surface area contributed by atoms with E-state index in [1.807, 2.05) is 0 Å².